The second-order valence-electron chi connectivity index (χ2n) is 3.59. The summed E-state index contributed by atoms with van der Waals surface area (Å²) in [4.78, 5) is 14.2. The third-order valence-electron chi connectivity index (χ3n) is 2.20. The zero-order valence-corrected chi connectivity index (χ0v) is 13.0. The molecule has 0 saturated carbocycles. The predicted molar refractivity (Wildman–Crippen MR) is 78.5 cm³/mol. The molecule has 0 unspecified atom stereocenters. The molecule has 8 heteroatoms. The van der Waals surface area contributed by atoms with Crippen LogP contribution in [-0.2, 0) is 6.54 Å². The minimum Gasteiger partial charge on any atom is -0.357 e. The number of hydrogen-bond donors (Lipinski definition) is 1. The van der Waals surface area contributed by atoms with Crippen molar-refractivity contribution < 1.29 is 0 Å². The van der Waals surface area contributed by atoms with Gasteiger partial charge in [-0.1, -0.05) is 0 Å². The fourth-order valence-electron chi connectivity index (χ4n) is 1.40. The molecular weight excluding hydrogens is 338 g/mol. The Labute approximate surface area is 122 Å². The summed E-state index contributed by atoms with van der Waals surface area (Å²) < 4.78 is 1.11. The maximum Gasteiger partial charge on any atom is 0.231 e. The second kappa shape index (κ2) is 5.81. The first-order valence-corrected chi connectivity index (χ1v) is 7.17. The van der Waals surface area contributed by atoms with Crippen molar-refractivity contribution in [2.75, 3.05) is 24.3 Å². The second-order valence-corrected chi connectivity index (χ2v) is 6.22. The third-order valence-corrected chi connectivity index (χ3v) is 3.93. The number of thiophene rings is 1. The summed E-state index contributed by atoms with van der Waals surface area (Å²) in [5.41, 5.74) is 1.19. The van der Waals surface area contributed by atoms with E-state index in [2.05, 4.69) is 47.6 Å². The van der Waals surface area contributed by atoms with Gasteiger partial charge in [0.2, 0.25) is 17.2 Å². The molecule has 0 aliphatic heterocycles. The van der Waals surface area contributed by atoms with Crippen LogP contribution in [0.5, 0.6) is 0 Å². The van der Waals surface area contributed by atoms with Crippen LogP contribution in [-0.4, -0.2) is 29.0 Å². The molecule has 0 aromatic carbocycles. The van der Waals surface area contributed by atoms with E-state index in [0.717, 1.165) is 3.79 Å². The molecule has 0 radical (unpaired) electrons. The Hall–Kier alpha value is -0.920. The highest BCUT2D eigenvalue weighted by atomic mass is 79.9. The smallest absolute Gasteiger partial charge is 0.231 e. The van der Waals surface area contributed by atoms with Crippen molar-refractivity contribution in [3.05, 3.63) is 26.1 Å². The van der Waals surface area contributed by atoms with Gasteiger partial charge in [0.25, 0.3) is 0 Å². The van der Waals surface area contributed by atoms with Gasteiger partial charge in [0.05, 0.1) is 3.79 Å². The first kappa shape index (κ1) is 13.5. The molecule has 0 atom stereocenters. The third kappa shape index (κ3) is 3.30. The molecule has 1 N–H and O–H groups in total. The van der Waals surface area contributed by atoms with E-state index in [1.165, 1.54) is 5.56 Å². The Kier molecular flexibility index (Phi) is 4.36. The van der Waals surface area contributed by atoms with Gasteiger partial charge in [0, 0.05) is 20.6 Å². The summed E-state index contributed by atoms with van der Waals surface area (Å²) >= 11 is 10.9. The van der Waals surface area contributed by atoms with Gasteiger partial charge in [-0.25, -0.2) is 0 Å². The van der Waals surface area contributed by atoms with Gasteiger partial charge >= 0.3 is 0 Å². The van der Waals surface area contributed by atoms with E-state index in [1.807, 2.05) is 11.9 Å². The molecular formula is C10H11BrClN5S. The quantitative estimate of drug-likeness (QED) is 0.920. The fourth-order valence-corrected chi connectivity index (χ4v) is 2.75. The van der Waals surface area contributed by atoms with E-state index in [1.54, 1.807) is 18.4 Å². The fraction of sp³-hybridized carbons (Fsp3) is 0.300. The van der Waals surface area contributed by atoms with E-state index in [4.69, 9.17) is 11.6 Å². The molecule has 2 rings (SSSR count). The SMILES string of the molecule is CNc1nc(Cl)nc(N(C)Cc2csc(Br)c2)n1. The van der Waals surface area contributed by atoms with Crippen molar-refractivity contribution in [1.29, 1.82) is 0 Å². The molecule has 0 aliphatic rings. The van der Waals surface area contributed by atoms with Gasteiger partial charge in [-0.3, -0.25) is 0 Å². The number of aromatic nitrogens is 3. The van der Waals surface area contributed by atoms with Gasteiger partial charge in [-0.05, 0) is 44.5 Å². The lowest BCUT2D eigenvalue weighted by Gasteiger charge is -2.16. The Morgan fingerprint density at radius 3 is 2.83 bits per heavy atom. The van der Waals surface area contributed by atoms with Gasteiger partial charge < -0.3 is 10.2 Å². The van der Waals surface area contributed by atoms with Crippen molar-refractivity contribution >= 4 is 50.8 Å². The summed E-state index contributed by atoms with van der Waals surface area (Å²) in [5, 5.41) is 5.12. The number of nitrogens with zero attached hydrogens (tertiary/aromatic N) is 4. The zero-order valence-electron chi connectivity index (χ0n) is 9.81. The lowest BCUT2D eigenvalue weighted by atomic mass is 10.3. The molecule has 0 saturated heterocycles. The van der Waals surface area contributed by atoms with Crippen LogP contribution >= 0.6 is 38.9 Å². The molecule has 0 spiro atoms. The molecule has 2 heterocycles. The highest BCUT2D eigenvalue weighted by molar-refractivity contribution is 9.11. The van der Waals surface area contributed by atoms with Crippen LogP contribution in [0.2, 0.25) is 5.28 Å². The summed E-state index contributed by atoms with van der Waals surface area (Å²) in [6.45, 7) is 0.714. The van der Waals surface area contributed by atoms with Gasteiger partial charge in [-0.15, -0.1) is 11.3 Å². The number of anilines is 2. The van der Waals surface area contributed by atoms with E-state index >= 15 is 0 Å². The van der Waals surface area contributed by atoms with Crippen molar-refractivity contribution in [3.63, 3.8) is 0 Å². The predicted octanol–water partition coefficient (Wildman–Crippen LogP) is 3.03. The van der Waals surface area contributed by atoms with E-state index in [9.17, 15) is 0 Å². The standard InChI is InChI=1S/C10H11BrClN5S/c1-13-9-14-8(12)15-10(16-9)17(2)4-6-3-7(11)18-5-6/h3,5H,4H2,1-2H3,(H,13,14,15,16). The van der Waals surface area contributed by atoms with Crippen molar-refractivity contribution in [1.82, 2.24) is 15.0 Å². The normalized spacial score (nSPS) is 10.4. The highest BCUT2D eigenvalue weighted by Gasteiger charge is 2.10. The van der Waals surface area contributed by atoms with Crippen molar-refractivity contribution in [3.8, 4) is 0 Å². The van der Waals surface area contributed by atoms with Crippen LogP contribution in [0.3, 0.4) is 0 Å². The Morgan fingerprint density at radius 1 is 1.44 bits per heavy atom. The highest BCUT2D eigenvalue weighted by Crippen LogP contribution is 2.22. The molecule has 96 valence electrons. The van der Waals surface area contributed by atoms with Crippen LogP contribution in [0.1, 0.15) is 5.56 Å². The van der Waals surface area contributed by atoms with Crippen LogP contribution < -0.4 is 10.2 Å². The number of hydrogen-bond acceptors (Lipinski definition) is 6. The minimum absolute atomic E-state index is 0.183. The number of nitrogens with one attached hydrogen (secondary N) is 1. The summed E-state index contributed by atoms with van der Waals surface area (Å²) in [5.74, 6) is 1.00. The molecule has 0 bridgehead atoms. The first-order chi connectivity index (χ1) is 8.58. The lowest BCUT2D eigenvalue weighted by molar-refractivity contribution is 0.857. The van der Waals surface area contributed by atoms with Gasteiger partial charge in [0.15, 0.2) is 0 Å². The maximum absolute atomic E-state index is 5.85. The van der Waals surface area contributed by atoms with Crippen LogP contribution in [0.15, 0.2) is 15.2 Å². The zero-order chi connectivity index (χ0) is 13.1. The molecule has 0 aliphatic carbocycles. The molecule has 2 aromatic heterocycles. The lowest BCUT2D eigenvalue weighted by Crippen LogP contribution is -2.19. The molecule has 2 aromatic rings. The first-order valence-electron chi connectivity index (χ1n) is 5.12. The Bertz CT molecular complexity index is 547. The molecule has 0 fully saturated rings. The summed E-state index contributed by atoms with van der Waals surface area (Å²) in [6.07, 6.45) is 0. The number of rotatable bonds is 4. The maximum atomic E-state index is 5.85. The summed E-state index contributed by atoms with van der Waals surface area (Å²) in [6, 6.07) is 2.07. The van der Waals surface area contributed by atoms with E-state index < -0.39 is 0 Å². The van der Waals surface area contributed by atoms with E-state index in [0.29, 0.717) is 18.4 Å². The average Bonchev–Trinajstić information content (AvgIpc) is 2.73. The Morgan fingerprint density at radius 2 is 2.22 bits per heavy atom. The largest absolute Gasteiger partial charge is 0.357 e. The minimum atomic E-state index is 0.183. The summed E-state index contributed by atoms with van der Waals surface area (Å²) in [7, 11) is 3.65. The van der Waals surface area contributed by atoms with Gasteiger partial charge in [0.1, 0.15) is 0 Å². The van der Waals surface area contributed by atoms with E-state index in [-0.39, 0.29) is 5.28 Å². The van der Waals surface area contributed by atoms with Crippen LogP contribution in [0, 0.1) is 0 Å². The molecule has 18 heavy (non-hydrogen) atoms. The Balaban J connectivity index is 2.17. The van der Waals surface area contributed by atoms with Crippen LogP contribution in [0.25, 0.3) is 0 Å². The number of halogens is 2. The van der Waals surface area contributed by atoms with Crippen molar-refractivity contribution in [2.24, 2.45) is 0 Å². The topological polar surface area (TPSA) is 53.9 Å². The van der Waals surface area contributed by atoms with Crippen molar-refractivity contribution in [2.45, 2.75) is 6.54 Å². The van der Waals surface area contributed by atoms with Crippen LogP contribution in [0.4, 0.5) is 11.9 Å². The molecule has 5 nitrogen and oxygen atoms in total. The monoisotopic (exact) mass is 347 g/mol. The van der Waals surface area contributed by atoms with Gasteiger partial charge in [-0.2, -0.15) is 15.0 Å². The molecule has 0 amide bonds. The average molecular weight is 349 g/mol.